The molecule has 1 amide bonds. The number of esters is 1. The number of likely N-dealkylation sites (N-methyl/N-ethyl adjacent to an activating group) is 1. The van der Waals surface area contributed by atoms with Crippen molar-refractivity contribution < 1.29 is 23.8 Å². The van der Waals surface area contributed by atoms with Crippen LogP contribution in [0.15, 0.2) is 18.2 Å². The van der Waals surface area contributed by atoms with E-state index in [-0.39, 0.29) is 6.54 Å². The second kappa shape index (κ2) is 6.63. The molecule has 0 N–H and O–H groups in total. The molecule has 0 bridgehead atoms. The first-order chi connectivity index (χ1) is 9.03. The average Bonchev–Trinajstić information content (AvgIpc) is 2.45. The van der Waals surface area contributed by atoms with Gasteiger partial charge in [0.15, 0.2) is 0 Å². The summed E-state index contributed by atoms with van der Waals surface area (Å²) >= 11 is 0. The minimum Gasteiger partial charge on any atom is -0.497 e. The van der Waals surface area contributed by atoms with Gasteiger partial charge in [-0.3, -0.25) is 4.79 Å². The fraction of sp³-hybridized carbons (Fsp3) is 0.385. The quantitative estimate of drug-likeness (QED) is 0.597. The van der Waals surface area contributed by atoms with Crippen LogP contribution >= 0.6 is 0 Å². The van der Waals surface area contributed by atoms with E-state index < -0.39 is 11.9 Å². The van der Waals surface area contributed by atoms with Crippen molar-refractivity contribution in [3.8, 4) is 11.5 Å². The number of rotatable bonds is 4. The van der Waals surface area contributed by atoms with E-state index in [0.29, 0.717) is 11.5 Å². The summed E-state index contributed by atoms with van der Waals surface area (Å²) in [6.07, 6.45) is 0. The van der Waals surface area contributed by atoms with E-state index in [9.17, 15) is 9.59 Å². The van der Waals surface area contributed by atoms with Gasteiger partial charge in [-0.1, -0.05) is 0 Å². The standard InChI is InChI=1S/C13H17NO5/c1-14(12(15)13(16)19-4)8-9-5-6-10(17-2)7-11(9)18-3/h5-7H,8H2,1-4H3. The molecule has 0 aromatic heterocycles. The molecule has 0 unspecified atom stereocenters. The van der Waals surface area contributed by atoms with Gasteiger partial charge < -0.3 is 19.1 Å². The maximum absolute atomic E-state index is 11.6. The lowest BCUT2D eigenvalue weighted by Gasteiger charge is -2.17. The largest absolute Gasteiger partial charge is 0.497 e. The van der Waals surface area contributed by atoms with Gasteiger partial charge in [-0.25, -0.2) is 4.79 Å². The molecule has 1 aromatic rings. The van der Waals surface area contributed by atoms with Crippen molar-refractivity contribution in [2.75, 3.05) is 28.4 Å². The number of hydrogen-bond donors (Lipinski definition) is 0. The molecule has 0 aliphatic heterocycles. The fourth-order valence-electron chi connectivity index (χ4n) is 1.55. The SMILES string of the molecule is COC(=O)C(=O)N(C)Cc1ccc(OC)cc1OC. The van der Waals surface area contributed by atoms with Crippen molar-refractivity contribution in [2.45, 2.75) is 6.54 Å². The van der Waals surface area contributed by atoms with Gasteiger partial charge in [0, 0.05) is 25.2 Å². The van der Waals surface area contributed by atoms with Gasteiger partial charge in [-0.05, 0) is 12.1 Å². The van der Waals surface area contributed by atoms with E-state index >= 15 is 0 Å². The first kappa shape index (κ1) is 14.8. The lowest BCUT2D eigenvalue weighted by Crippen LogP contribution is -2.33. The molecule has 0 saturated carbocycles. The van der Waals surface area contributed by atoms with E-state index in [1.165, 1.54) is 26.2 Å². The maximum Gasteiger partial charge on any atom is 0.396 e. The van der Waals surface area contributed by atoms with Crippen molar-refractivity contribution in [3.05, 3.63) is 23.8 Å². The van der Waals surface area contributed by atoms with Crippen LogP contribution in [0.2, 0.25) is 0 Å². The van der Waals surface area contributed by atoms with E-state index in [1.54, 1.807) is 25.3 Å². The molecule has 0 atom stereocenters. The lowest BCUT2D eigenvalue weighted by molar-refractivity contribution is -0.157. The van der Waals surface area contributed by atoms with Crippen LogP contribution in [0, 0.1) is 0 Å². The number of nitrogens with zero attached hydrogens (tertiary/aromatic N) is 1. The zero-order valence-electron chi connectivity index (χ0n) is 11.4. The molecule has 0 heterocycles. The Morgan fingerprint density at radius 1 is 1.16 bits per heavy atom. The molecule has 0 aliphatic rings. The topological polar surface area (TPSA) is 65.1 Å². The first-order valence-electron chi connectivity index (χ1n) is 5.57. The van der Waals surface area contributed by atoms with Gasteiger partial charge in [-0.15, -0.1) is 0 Å². The van der Waals surface area contributed by atoms with Crippen molar-refractivity contribution in [1.82, 2.24) is 4.90 Å². The minimum atomic E-state index is -0.894. The van der Waals surface area contributed by atoms with Crippen LogP contribution in [0.5, 0.6) is 11.5 Å². The summed E-state index contributed by atoms with van der Waals surface area (Å²) in [5.74, 6) is -0.359. The normalized spacial score (nSPS) is 9.68. The van der Waals surface area contributed by atoms with E-state index in [4.69, 9.17) is 9.47 Å². The van der Waals surface area contributed by atoms with Gasteiger partial charge >= 0.3 is 11.9 Å². The summed E-state index contributed by atoms with van der Waals surface area (Å²) in [7, 11) is 5.77. The Balaban J connectivity index is 2.87. The summed E-state index contributed by atoms with van der Waals surface area (Å²) in [4.78, 5) is 24.0. The zero-order chi connectivity index (χ0) is 14.4. The van der Waals surface area contributed by atoms with Crippen molar-refractivity contribution in [1.29, 1.82) is 0 Å². The molecule has 6 nitrogen and oxygen atoms in total. The lowest BCUT2D eigenvalue weighted by atomic mass is 10.2. The minimum absolute atomic E-state index is 0.237. The number of hydrogen-bond acceptors (Lipinski definition) is 5. The molecule has 0 aliphatic carbocycles. The highest BCUT2D eigenvalue weighted by atomic mass is 16.5. The number of amides is 1. The van der Waals surface area contributed by atoms with Gasteiger partial charge in [0.25, 0.3) is 0 Å². The average molecular weight is 267 g/mol. The number of ether oxygens (including phenoxy) is 3. The van der Waals surface area contributed by atoms with Crippen LogP contribution in [-0.2, 0) is 20.9 Å². The van der Waals surface area contributed by atoms with Crippen LogP contribution < -0.4 is 9.47 Å². The molecule has 6 heteroatoms. The van der Waals surface area contributed by atoms with Crippen molar-refractivity contribution in [3.63, 3.8) is 0 Å². The zero-order valence-corrected chi connectivity index (χ0v) is 11.4. The Morgan fingerprint density at radius 2 is 1.84 bits per heavy atom. The second-order valence-corrected chi connectivity index (χ2v) is 3.83. The first-order valence-corrected chi connectivity index (χ1v) is 5.57. The Hall–Kier alpha value is -2.24. The third-order valence-electron chi connectivity index (χ3n) is 2.61. The van der Waals surface area contributed by atoms with Crippen molar-refractivity contribution in [2.24, 2.45) is 0 Å². The summed E-state index contributed by atoms with van der Waals surface area (Å²) in [6, 6.07) is 5.25. The van der Waals surface area contributed by atoms with E-state index in [2.05, 4.69) is 4.74 Å². The summed E-state index contributed by atoms with van der Waals surface area (Å²) in [6.45, 7) is 0.237. The maximum atomic E-state index is 11.6. The predicted molar refractivity (Wildman–Crippen MR) is 68.0 cm³/mol. The number of methoxy groups -OCH3 is 3. The monoisotopic (exact) mass is 267 g/mol. The van der Waals surface area contributed by atoms with Gasteiger partial charge in [-0.2, -0.15) is 0 Å². The van der Waals surface area contributed by atoms with Crippen molar-refractivity contribution >= 4 is 11.9 Å². The van der Waals surface area contributed by atoms with Gasteiger partial charge in [0.05, 0.1) is 21.3 Å². The van der Waals surface area contributed by atoms with Crippen LogP contribution in [0.1, 0.15) is 5.56 Å². The Kier molecular flexibility index (Phi) is 5.17. The molecule has 0 spiro atoms. The third-order valence-corrected chi connectivity index (χ3v) is 2.61. The smallest absolute Gasteiger partial charge is 0.396 e. The molecule has 0 fully saturated rings. The van der Waals surface area contributed by atoms with E-state index in [0.717, 1.165) is 5.56 Å². The van der Waals surface area contributed by atoms with Crippen LogP contribution in [0.4, 0.5) is 0 Å². The predicted octanol–water partition coefficient (Wildman–Crippen LogP) is 0.835. The molecule has 19 heavy (non-hydrogen) atoms. The Labute approximate surface area is 111 Å². The third kappa shape index (κ3) is 3.61. The van der Waals surface area contributed by atoms with Gasteiger partial charge in [0.1, 0.15) is 11.5 Å². The molecule has 0 saturated heterocycles. The molecular weight excluding hydrogens is 250 g/mol. The second-order valence-electron chi connectivity index (χ2n) is 3.83. The highest BCUT2D eigenvalue weighted by Gasteiger charge is 2.20. The summed E-state index contributed by atoms with van der Waals surface area (Å²) in [5.41, 5.74) is 0.767. The van der Waals surface area contributed by atoms with Crippen LogP contribution in [0.3, 0.4) is 0 Å². The molecular formula is C13H17NO5. The molecule has 1 rings (SSSR count). The van der Waals surface area contributed by atoms with Crippen LogP contribution in [0.25, 0.3) is 0 Å². The molecule has 104 valence electrons. The van der Waals surface area contributed by atoms with E-state index in [1.807, 2.05) is 0 Å². The highest BCUT2D eigenvalue weighted by molar-refractivity contribution is 6.32. The molecule has 1 aromatic carbocycles. The fourth-order valence-corrected chi connectivity index (χ4v) is 1.55. The Morgan fingerprint density at radius 3 is 2.37 bits per heavy atom. The number of carbonyl (C=O) groups is 2. The highest BCUT2D eigenvalue weighted by Crippen LogP contribution is 2.25. The van der Waals surface area contributed by atoms with Gasteiger partial charge in [0.2, 0.25) is 0 Å². The Bertz CT molecular complexity index is 472. The van der Waals surface area contributed by atoms with Crippen LogP contribution in [-0.4, -0.2) is 45.2 Å². The number of benzene rings is 1. The summed E-state index contributed by atoms with van der Waals surface area (Å²) in [5, 5.41) is 0. The molecule has 0 radical (unpaired) electrons. The number of carbonyl (C=O) groups excluding carboxylic acids is 2. The summed E-state index contributed by atoms with van der Waals surface area (Å²) < 4.78 is 14.7.